The predicted octanol–water partition coefficient (Wildman–Crippen LogP) is 1.97. The molecule has 3 aromatic rings. The number of rotatable bonds is 2. The molecule has 2 aromatic heterocycles. The van der Waals surface area contributed by atoms with E-state index in [0.29, 0.717) is 5.78 Å². The van der Waals surface area contributed by atoms with E-state index in [2.05, 4.69) is 20.5 Å². The molecule has 1 aliphatic heterocycles. The molecule has 1 aromatic carbocycles. The highest BCUT2D eigenvalue weighted by atomic mass is 32.2. The quantitative estimate of drug-likeness (QED) is 0.759. The number of carbonyl (C=O) groups excluding carboxylic acids is 1. The van der Waals surface area contributed by atoms with Crippen molar-refractivity contribution in [3.05, 3.63) is 24.3 Å². The van der Waals surface area contributed by atoms with Gasteiger partial charge in [-0.25, -0.2) is 10.1 Å². The van der Waals surface area contributed by atoms with E-state index in [4.69, 9.17) is 0 Å². The molecule has 1 aliphatic rings. The standard InChI is InChI=1S/C14H15N5OS/c20-12-11(7-3-4-8-15-12)21-14-18-17-13-16-9-5-1-2-6-10(9)19(13)14/h1-2,5-6,11H,3-4,7-8H2,(H,15,20)(H,16,17)/t11-/m0/s1. The molecule has 1 saturated heterocycles. The van der Waals surface area contributed by atoms with Gasteiger partial charge in [0, 0.05) is 6.54 Å². The van der Waals surface area contributed by atoms with Crippen LogP contribution in [0, 0.1) is 0 Å². The molecule has 0 radical (unpaired) electrons. The van der Waals surface area contributed by atoms with Crippen LogP contribution in [0.15, 0.2) is 29.4 Å². The van der Waals surface area contributed by atoms with Crippen LogP contribution in [0.3, 0.4) is 0 Å². The number of hydrogen-bond donors (Lipinski definition) is 2. The zero-order valence-electron chi connectivity index (χ0n) is 11.4. The Labute approximate surface area is 125 Å². The van der Waals surface area contributed by atoms with E-state index in [1.807, 2.05) is 28.7 Å². The molecule has 0 unspecified atom stereocenters. The zero-order valence-corrected chi connectivity index (χ0v) is 12.2. The van der Waals surface area contributed by atoms with Crippen LogP contribution in [-0.4, -0.2) is 37.3 Å². The minimum absolute atomic E-state index is 0.0832. The number of aromatic nitrogens is 4. The first-order valence-corrected chi connectivity index (χ1v) is 7.97. The van der Waals surface area contributed by atoms with E-state index in [-0.39, 0.29) is 11.2 Å². The molecule has 21 heavy (non-hydrogen) atoms. The summed E-state index contributed by atoms with van der Waals surface area (Å²) in [6.45, 7) is 0.778. The fraction of sp³-hybridized carbons (Fsp3) is 0.357. The highest BCUT2D eigenvalue weighted by Crippen LogP contribution is 2.29. The molecule has 0 bridgehead atoms. The fourth-order valence-corrected chi connectivity index (χ4v) is 3.79. The van der Waals surface area contributed by atoms with Gasteiger partial charge in [-0.1, -0.05) is 30.3 Å². The summed E-state index contributed by atoms with van der Waals surface area (Å²) in [6, 6.07) is 7.94. The molecule has 3 heterocycles. The molecule has 0 aliphatic carbocycles. The lowest BCUT2D eigenvalue weighted by Crippen LogP contribution is -2.30. The van der Waals surface area contributed by atoms with Crippen molar-refractivity contribution in [2.75, 3.05) is 6.54 Å². The Morgan fingerprint density at radius 2 is 2.19 bits per heavy atom. The number of benzene rings is 1. The summed E-state index contributed by atoms with van der Waals surface area (Å²) in [5.74, 6) is 0.825. The first-order valence-electron chi connectivity index (χ1n) is 7.09. The highest BCUT2D eigenvalue weighted by molar-refractivity contribution is 8.00. The second kappa shape index (κ2) is 5.07. The molecule has 4 rings (SSSR count). The number of H-pyrrole nitrogens is 1. The second-order valence-corrected chi connectivity index (χ2v) is 6.33. The molecular weight excluding hydrogens is 286 g/mol. The second-order valence-electron chi connectivity index (χ2n) is 5.16. The number of hydrogen-bond acceptors (Lipinski definition) is 4. The molecular formula is C14H15N5OS. The minimum Gasteiger partial charge on any atom is -0.355 e. The zero-order chi connectivity index (χ0) is 14.2. The third-order valence-corrected chi connectivity index (χ3v) is 4.96. The summed E-state index contributed by atoms with van der Waals surface area (Å²) in [6.07, 6.45) is 3.00. The number of imidazole rings is 1. The predicted molar refractivity (Wildman–Crippen MR) is 81.3 cm³/mol. The molecule has 2 N–H and O–H groups in total. The van der Waals surface area contributed by atoms with Gasteiger partial charge in [-0.05, 0) is 25.0 Å². The number of para-hydroxylation sites is 2. The Morgan fingerprint density at radius 3 is 3.14 bits per heavy atom. The molecule has 0 spiro atoms. The van der Waals surface area contributed by atoms with Crippen LogP contribution in [0.25, 0.3) is 16.8 Å². The van der Waals surface area contributed by atoms with Crippen molar-refractivity contribution < 1.29 is 4.79 Å². The Balaban J connectivity index is 1.74. The summed E-state index contributed by atoms with van der Waals surface area (Å²) >= 11 is 1.51. The van der Waals surface area contributed by atoms with Gasteiger partial charge in [-0.15, -0.1) is 5.10 Å². The van der Waals surface area contributed by atoms with Crippen LogP contribution >= 0.6 is 11.8 Å². The minimum atomic E-state index is -0.0832. The van der Waals surface area contributed by atoms with Crippen molar-refractivity contribution in [1.29, 1.82) is 0 Å². The average Bonchev–Trinajstić information content (AvgIpc) is 2.98. The van der Waals surface area contributed by atoms with Crippen LogP contribution < -0.4 is 5.32 Å². The number of carbonyl (C=O) groups is 1. The van der Waals surface area contributed by atoms with Gasteiger partial charge in [0.05, 0.1) is 16.3 Å². The molecule has 108 valence electrons. The number of fused-ring (bicyclic) bond motifs is 3. The molecule has 6 nitrogen and oxygen atoms in total. The van der Waals surface area contributed by atoms with E-state index in [9.17, 15) is 4.79 Å². The summed E-state index contributed by atoms with van der Waals surface area (Å²) in [5, 5.41) is 10.9. The monoisotopic (exact) mass is 301 g/mol. The first kappa shape index (κ1) is 12.7. The van der Waals surface area contributed by atoms with Crippen LogP contribution in [0.2, 0.25) is 0 Å². The fourth-order valence-electron chi connectivity index (χ4n) is 2.67. The Morgan fingerprint density at radius 1 is 1.29 bits per heavy atom. The first-order chi connectivity index (χ1) is 10.3. The Kier molecular flexibility index (Phi) is 3.07. The molecule has 1 amide bonds. The Bertz CT molecular complexity index is 808. The lowest BCUT2D eigenvalue weighted by molar-refractivity contribution is -0.120. The smallest absolute Gasteiger partial charge is 0.233 e. The summed E-state index contributed by atoms with van der Waals surface area (Å²) in [4.78, 5) is 16.6. The van der Waals surface area contributed by atoms with Crippen LogP contribution in [0.5, 0.6) is 0 Å². The lowest BCUT2D eigenvalue weighted by Gasteiger charge is -2.10. The maximum atomic E-state index is 12.1. The Hall–Kier alpha value is -2.02. The maximum absolute atomic E-state index is 12.1. The van der Waals surface area contributed by atoms with Crippen molar-refractivity contribution in [3.8, 4) is 0 Å². The summed E-state index contributed by atoms with van der Waals surface area (Å²) in [7, 11) is 0. The van der Waals surface area contributed by atoms with Gasteiger partial charge in [0.15, 0.2) is 5.16 Å². The van der Waals surface area contributed by atoms with Crippen LogP contribution in [-0.2, 0) is 4.79 Å². The number of nitrogens with one attached hydrogen (secondary N) is 2. The van der Waals surface area contributed by atoms with Crippen molar-refractivity contribution in [1.82, 2.24) is 24.9 Å². The van der Waals surface area contributed by atoms with Crippen molar-refractivity contribution in [2.45, 2.75) is 29.7 Å². The number of aromatic amines is 1. The third-order valence-electron chi connectivity index (χ3n) is 3.74. The largest absolute Gasteiger partial charge is 0.355 e. The number of nitrogens with zero attached hydrogens (tertiary/aromatic N) is 3. The van der Waals surface area contributed by atoms with E-state index in [1.54, 1.807) is 0 Å². The molecule has 0 saturated carbocycles. The van der Waals surface area contributed by atoms with Crippen LogP contribution in [0.1, 0.15) is 19.3 Å². The topological polar surface area (TPSA) is 75.1 Å². The van der Waals surface area contributed by atoms with Gasteiger partial charge >= 0.3 is 0 Å². The van der Waals surface area contributed by atoms with E-state index in [0.717, 1.165) is 42.0 Å². The van der Waals surface area contributed by atoms with Crippen molar-refractivity contribution in [3.63, 3.8) is 0 Å². The normalized spacial score (nSPS) is 19.8. The van der Waals surface area contributed by atoms with Gasteiger partial charge in [0.2, 0.25) is 11.7 Å². The van der Waals surface area contributed by atoms with Crippen LogP contribution in [0.4, 0.5) is 0 Å². The maximum Gasteiger partial charge on any atom is 0.233 e. The van der Waals surface area contributed by atoms with Crippen molar-refractivity contribution >= 4 is 34.5 Å². The van der Waals surface area contributed by atoms with Crippen molar-refractivity contribution in [2.24, 2.45) is 0 Å². The SMILES string of the molecule is O=C1NCCCC[C@@H]1Sc1n[nH]c2nc3ccccc3n12. The third kappa shape index (κ3) is 2.17. The van der Waals surface area contributed by atoms with E-state index < -0.39 is 0 Å². The van der Waals surface area contributed by atoms with E-state index in [1.165, 1.54) is 11.8 Å². The molecule has 7 heteroatoms. The van der Waals surface area contributed by atoms with Gasteiger partial charge < -0.3 is 5.32 Å². The average molecular weight is 301 g/mol. The molecule has 1 atom stereocenters. The summed E-state index contributed by atoms with van der Waals surface area (Å²) < 4.78 is 1.98. The number of thioether (sulfide) groups is 1. The van der Waals surface area contributed by atoms with Gasteiger partial charge in [0.1, 0.15) is 0 Å². The van der Waals surface area contributed by atoms with Gasteiger partial charge in [0.25, 0.3) is 0 Å². The number of amides is 1. The highest BCUT2D eigenvalue weighted by Gasteiger charge is 2.24. The van der Waals surface area contributed by atoms with Gasteiger partial charge in [-0.3, -0.25) is 9.20 Å². The van der Waals surface area contributed by atoms with Gasteiger partial charge in [-0.2, -0.15) is 0 Å². The lowest BCUT2D eigenvalue weighted by atomic mass is 10.2. The summed E-state index contributed by atoms with van der Waals surface area (Å²) in [5.41, 5.74) is 1.94. The molecule has 1 fully saturated rings. The van der Waals surface area contributed by atoms with E-state index >= 15 is 0 Å².